The molecule has 1 unspecified atom stereocenters. The van der Waals surface area contributed by atoms with Crippen molar-refractivity contribution in [1.29, 1.82) is 0 Å². The summed E-state index contributed by atoms with van der Waals surface area (Å²) in [6.45, 7) is 12.4. The Labute approximate surface area is 180 Å². The average molecular weight is 410 g/mol. The smallest absolute Gasteiger partial charge is 0.319 e. The molecule has 2 N–H and O–H groups in total. The van der Waals surface area contributed by atoms with Crippen LogP contribution in [-0.4, -0.2) is 43.3 Å². The number of rotatable bonds is 7. The molecule has 0 radical (unpaired) electrons. The van der Waals surface area contributed by atoms with E-state index in [1.165, 1.54) is 16.7 Å². The summed E-state index contributed by atoms with van der Waals surface area (Å²) in [5.74, 6) is 0.680. The largest absolute Gasteiger partial charge is 0.374 e. The normalized spacial score (nSPS) is 17.3. The second-order valence-electron chi connectivity index (χ2n) is 8.67. The summed E-state index contributed by atoms with van der Waals surface area (Å²) in [5, 5.41) is 6.13. The van der Waals surface area contributed by atoms with Crippen LogP contribution >= 0.6 is 0 Å². The number of morpholine rings is 1. The number of para-hydroxylation sites is 1. The van der Waals surface area contributed by atoms with Gasteiger partial charge in [-0.15, -0.1) is 0 Å². The number of carbonyl (C=O) groups excluding carboxylic acids is 1. The van der Waals surface area contributed by atoms with Crippen molar-refractivity contribution in [2.45, 2.75) is 52.2 Å². The van der Waals surface area contributed by atoms with Gasteiger partial charge < -0.3 is 15.4 Å². The van der Waals surface area contributed by atoms with E-state index in [0.717, 1.165) is 25.3 Å². The van der Waals surface area contributed by atoms with Gasteiger partial charge in [0.15, 0.2) is 0 Å². The molecule has 0 saturated carbocycles. The Bertz CT molecular complexity index is 794. The Hall–Kier alpha value is -2.37. The summed E-state index contributed by atoms with van der Waals surface area (Å²) in [6.07, 6.45) is -0.00174. The summed E-state index contributed by atoms with van der Waals surface area (Å²) in [6, 6.07) is 16.6. The highest BCUT2D eigenvalue weighted by Crippen LogP contribution is 2.32. The highest BCUT2D eigenvalue weighted by molar-refractivity contribution is 5.91. The molecule has 1 saturated heterocycles. The molecule has 3 rings (SSSR count). The molecule has 0 spiro atoms. The first kappa shape index (κ1) is 22.3. The highest BCUT2D eigenvalue weighted by atomic mass is 16.5. The molecule has 0 aliphatic carbocycles. The number of nitrogens with one attached hydrogen (secondary N) is 2. The third-order valence-corrected chi connectivity index (χ3v) is 5.57. The molecule has 1 heterocycles. The Kier molecular flexibility index (Phi) is 7.88. The maximum atomic E-state index is 12.7. The van der Waals surface area contributed by atoms with E-state index in [0.29, 0.717) is 25.0 Å². The third kappa shape index (κ3) is 6.07. The van der Waals surface area contributed by atoms with Gasteiger partial charge in [0.05, 0.1) is 12.7 Å². The monoisotopic (exact) mass is 409 g/mol. The average Bonchev–Trinajstić information content (AvgIpc) is 2.73. The van der Waals surface area contributed by atoms with E-state index in [1.54, 1.807) is 0 Å². The Morgan fingerprint density at radius 3 is 2.33 bits per heavy atom. The first-order valence-corrected chi connectivity index (χ1v) is 11.0. The van der Waals surface area contributed by atoms with Crippen molar-refractivity contribution in [3.8, 4) is 0 Å². The first-order chi connectivity index (χ1) is 14.4. The zero-order chi connectivity index (χ0) is 21.5. The van der Waals surface area contributed by atoms with Crippen molar-refractivity contribution in [3.63, 3.8) is 0 Å². The first-order valence-electron chi connectivity index (χ1n) is 11.0. The number of benzene rings is 2. The van der Waals surface area contributed by atoms with Gasteiger partial charge >= 0.3 is 6.03 Å². The van der Waals surface area contributed by atoms with Crippen LogP contribution in [0.1, 0.15) is 56.2 Å². The molecular formula is C25H35N3O2. The van der Waals surface area contributed by atoms with E-state index < -0.39 is 0 Å². The van der Waals surface area contributed by atoms with Crippen LogP contribution in [-0.2, 0) is 11.3 Å². The lowest BCUT2D eigenvalue weighted by Gasteiger charge is -2.33. The van der Waals surface area contributed by atoms with Crippen LogP contribution in [0.15, 0.2) is 48.5 Å². The van der Waals surface area contributed by atoms with Crippen molar-refractivity contribution in [2.75, 3.05) is 31.6 Å². The number of nitrogens with zero attached hydrogens (tertiary/aromatic N) is 1. The Balaban J connectivity index is 1.56. The molecule has 5 heteroatoms. The quantitative estimate of drug-likeness (QED) is 0.680. The van der Waals surface area contributed by atoms with Crippen LogP contribution in [0.2, 0.25) is 0 Å². The predicted octanol–water partition coefficient (Wildman–Crippen LogP) is 4.96. The number of hydrogen-bond acceptors (Lipinski definition) is 3. The van der Waals surface area contributed by atoms with Crippen molar-refractivity contribution in [3.05, 3.63) is 65.2 Å². The molecular weight excluding hydrogens is 374 g/mol. The Morgan fingerprint density at radius 2 is 1.70 bits per heavy atom. The fraction of sp³-hybridized carbons (Fsp3) is 0.480. The molecule has 1 aliphatic rings. The molecule has 162 valence electrons. The molecule has 5 nitrogen and oxygen atoms in total. The van der Waals surface area contributed by atoms with E-state index in [-0.39, 0.29) is 12.1 Å². The van der Waals surface area contributed by atoms with Gasteiger partial charge in [-0.25, -0.2) is 4.79 Å². The van der Waals surface area contributed by atoms with Crippen LogP contribution < -0.4 is 10.6 Å². The highest BCUT2D eigenvalue weighted by Gasteiger charge is 2.22. The van der Waals surface area contributed by atoms with E-state index >= 15 is 0 Å². The number of carbonyl (C=O) groups is 1. The molecule has 0 aromatic heterocycles. The fourth-order valence-electron chi connectivity index (χ4n) is 3.95. The van der Waals surface area contributed by atoms with Crippen LogP contribution in [0.4, 0.5) is 10.5 Å². The molecule has 2 amide bonds. The van der Waals surface area contributed by atoms with Crippen molar-refractivity contribution in [2.24, 2.45) is 0 Å². The van der Waals surface area contributed by atoms with Crippen molar-refractivity contribution < 1.29 is 9.53 Å². The van der Waals surface area contributed by atoms with Gasteiger partial charge in [-0.2, -0.15) is 0 Å². The number of urea groups is 1. The SMILES string of the molecule is CC(C)c1cccc(C(C)C)c1NC(=O)NCC1CN(Cc2ccccc2)CCO1. The third-order valence-electron chi connectivity index (χ3n) is 5.57. The zero-order valence-electron chi connectivity index (χ0n) is 18.7. The minimum atomic E-state index is -0.172. The van der Waals surface area contributed by atoms with Gasteiger partial charge in [0.25, 0.3) is 0 Å². The van der Waals surface area contributed by atoms with Gasteiger partial charge in [-0.1, -0.05) is 76.2 Å². The molecule has 2 aromatic rings. The topological polar surface area (TPSA) is 53.6 Å². The summed E-state index contributed by atoms with van der Waals surface area (Å²) in [7, 11) is 0. The lowest BCUT2D eigenvalue weighted by Crippen LogP contribution is -2.47. The van der Waals surface area contributed by atoms with E-state index in [4.69, 9.17) is 4.74 Å². The lowest BCUT2D eigenvalue weighted by atomic mass is 9.93. The van der Waals surface area contributed by atoms with Crippen LogP contribution in [0.5, 0.6) is 0 Å². The summed E-state index contributed by atoms with van der Waals surface area (Å²) >= 11 is 0. The number of anilines is 1. The maximum absolute atomic E-state index is 12.7. The molecule has 0 bridgehead atoms. The fourth-order valence-corrected chi connectivity index (χ4v) is 3.95. The summed E-state index contributed by atoms with van der Waals surface area (Å²) in [4.78, 5) is 15.1. The van der Waals surface area contributed by atoms with Crippen molar-refractivity contribution in [1.82, 2.24) is 10.2 Å². The predicted molar refractivity (Wildman–Crippen MR) is 123 cm³/mol. The van der Waals surface area contributed by atoms with Gasteiger partial charge in [0.1, 0.15) is 0 Å². The Morgan fingerprint density at radius 1 is 1.03 bits per heavy atom. The number of amides is 2. The minimum Gasteiger partial charge on any atom is -0.374 e. The number of hydrogen-bond donors (Lipinski definition) is 2. The molecule has 1 fully saturated rings. The van der Waals surface area contributed by atoms with Gasteiger partial charge in [-0.3, -0.25) is 4.90 Å². The van der Waals surface area contributed by atoms with Gasteiger partial charge in [0, 0.05) is 31.9 Å². The standard InChI is InChI=1S/C25H35N3O2/c1-18(2)22-11-8-12-23(19(3)4)24(22)27-25(29)26-15-21-17-28(13-14-30-21)16-20-9-6-5-7-10-20/h5-12,18-19,21H,13-17H2,1-4H3,(H2,26,27,29). The number of ether oxygens (including phenoxy) is 1. The molecule has 2 aromatic carbocycles. The molecule has 30 heavy (non-hydrogen) atoms. The minimum absolute atomic E-state index is 0.00174. The van der Waals surface area contributed by atoms with E-state index in [1.807, 2.05) is 6.07 Å². The molecule has 1 atom stereocenters. The second-order valence-corrected chi connectivity index (χ2v) is 8.67. The van der Waals surface area contributed by atoms with E-state index in [9.17, 15) is 4.79 Å². The second kappa shape index (κ2) is 10.6. The van der Waals surface area contributed by atoms with Gasteiger partial charge in [-0.05, 0) is 28.5 Å². The van der Waals surface area contributed by atoms with Crippen molar-refractivity contribution >= 4 is 11.7 Å². The van der Waals surface area contributed by atoms with Crippen LogP contribution in [0.3, 0.4) is 0 Å². The van der Waals surface area contributed by atoms with Crippen LogP contribution in [0, 0.1) is 0 Å². The van der Waals surface area contributed by atoms with Crippen LogP contribution in [0.25, 0.3) is 0 Å². The zero-order valence-corrected chi connectivity index (χ0v) is 18.7. The summed E-state index contributed by atoms with van der Waals surface area (Å²) in [5.41, 5.74) is 4.57. The maximum Gasteiger partial charge on any atom is 0.319 e. The lowest BCUT2D eigenvalue weighted by molar-refractivity contribution is -0.0285. The molecule has 1 aliphatic heterocycles. The summed E-state index contributed by atoms with van der Waals surface area (Å²) < 4.78 is 5.89. The van der Waals surface area contributed by atoms with E-state index in [2.05, 4.69) is 85.7 Å². The van der Waals surface area contributed by atoms with Gasteiger partial charge in [0.2, 0.25) is 0 Å².